The molecule has 0 spiro atoms. The molecular formula is C17H16ClFN2OS. The summed E-state index contributed by atoms with van der Waals surface area (Å²) >= 11 is 7.76. The first-order valence-electron chi connectivity index (χ1n) is 7.35. The Bertz CT molecular complexity index is 725. The van der Waals surface area contributed by atoms with Crippen molar-refractivity contribution in [3.8, 4) is 0 Å². The van der Waals surface area contributed by atoms with E-state index in [4.69, 9.17) is 11.6 Å². The van der Waals surface area contributed by atoms with E-state index in [0.29, 0.717) is 5.69 Å². The fourth-order valence-electron chi connectivity index (χ4n) is 2.52. The number of fused-ring (bicyclic) bond motifs is 1. The third-order valence-corrected chi connectivity index (χ3v) is 5.04. The summed E-state index contributed by atoms with van der Waals surface area (Å²) in [7, 11) is 0. The van der Waals surface area contributed by atoms with Gasteiger partial charge in [-0.3, -0.25) is 4.79 Å². The zero-order chi connectivity index (χ0) is 16.2. The second kappa shape index (κ2) is 7.23. The molecule has 1 heterocycles. The van der Waals surface area contributed by atoms with Crippen LogP contribution in [0.5, 0.6) is 0 Å². The lowest BCUT2D eigenvalue weighted by atomic mass is 10.2. The van der Waals surface area contributed by atoms with E-state index in [1.165, 1.54) is 23.1 Å². The van der Waals surface area contributed by atoms with E-state index in [-0.39, 0.29) is 17.5 Å². The normalized spacial score (nSPS) is 14.1. The number of halogens is 2. The second-order valence-electron chi connectivity index (χ2n) is 5.26. The number of nitrogens with one attached hydrogen (secondary N) is 1. The number of carbonyl (C=O) groups excluding carboxylic acids is 1. The number of thioether (sulfide) groups is 1. The summed E-state index contributed by atoms with van der Waals surface area (Å²) in [6.07, 6.45) is 1.02. The molecule has 1 aliphatic heterocycles. The number of amides is 1. The van der Waals surface area contributed by atoms with Gasteiger partial charge in [0.1, 0.15) is 5.82 Å². The second-order valence-corrected chi connectivity index (χ2v) is 6.81. The van der Waals surface area contributed by atoms with E-state index in [2.05, 4.69) is 16.3 Å². The van der Waals surface area contributed by atoms with Crippen molar-refractivity contribution < 1.29 is 9.18 Å². The molecule has 0 unspecified atom stereocenters. The highest BCUT2D eigenvalue weighted by molar-refractivity contribution is 7.99. The lowest BCUT2D eigenvalue weighted by Gasteiger charge is -2.24. The third-order valence-electron chi connectivity index (χ3n) is 3.58. The molecule has 0 saturated carbocycles. The quantitative estimate of drug-likeness (QED) is 0.889. The molecule has 0 bridgehead atoms. The number of carbonyl (C=O) groups is 1. The minimum Gasteiger partial charge on any atom is -0.361 e. The van der Waals surface area contributed by atoms with E-state index in [1.807, 2.05) is 30.0 Å². The number of benzene rings is 2. The summed E-state index contributed by atoms with van der Waals surface area (Å²) in [6.45, 7) is 1.07. The lowest BCUT2D eigenvalue weighted by molar-refractivity contribution is -0.115. The Morgan fingerprint density at radius 2 is 2.13 bits per heavy atom. The van der Waals surface area contributed by atoms with Crippen molar-refractivity contribution in [1.82, 2.24) is 0 Å². The molecule has 3 rings (SSSR count). The Morgan fingerprint density at radius 3 is 2.96 bits per heavy atom. The Balaban J connectivity index is 1.72. The van der Waals surface area contributed by atoms with E-state index in [9.17, 15) is 9.18 Å². The van der Waals surface area contributed by atoms with Gasteiger partial charge in [0, 0.05) is 11.4 Å². The third kappa shape index (κ3) is 3.98. The van der Waals surface area contributed by atoms with Gasteiger partial charge in [0.15, 0.2) is 0 Å². The molecule has 2 aromatic carbocycles. The summed E-state index contributed by atoms with van der Waals surface area (Å²) in [4.78, 5) is 15.6. The van der Waals surface area contributed by atoms with Crippen LogP contribution in [0.4, 0.5) is 15.8 Å². The molecule has 0 saturated heterocycles. The predicted molar refractivity (Wildman–Crippen MR) is 94.0 cm³/mol. The summed E-state index contributed by atoms with van der Waals surface area (Å²) in [6, 6.07) is 12.0. The number of nitrogens with zero attached hydrogens (tertiary/aromatic N) is 1. The molecule has 0 aliphatic carbocycles. The van der Waals surface area contributed by atoms with Crippen molar-refractivity contribution in [3.63, 3.8) is 0 Å². The van der Waals surface area contributed by atoms with Gasteiger partial charge in [-0.2, -0.15) is 0 Å². The van der Waals surface area contributed by atoms with Crippen molar-refractivity contribution in [2.45, 2.75) is 11.3 Å². The van der Waals surface area contributed by atoms with Crippen molar-refractivity contribution >= 4 is 40.6 Å². The molecule has 0 fully saturated rings. The van der Waals surface area contributed by atoms with Gasteiger partial charge < -0.3 is 10.2 Å². The maximum Gasteiger partial charge on any atom is 0.243 e. The molecule has 23 heavy (non-hydrogen) atoms. The highest BCUT2D eigenvalue weighted by atomic mass is 35.5. The maximum atomic E-state index is 13.1. The van der Waals surface area contributed by atoms with E-state index < -0.39 is 5.82 Å². The monoisotopic (exact) mass is 350 g/mol. The standard InChI is InChI=1S/C17H16ClFN2OS/c18-13-10-12(19)6-7-14(13)20-17(22)11-21-8-3-9-23-16-5-2-1-4-15(16)21/h1-2,4-7,10H,3,8-9,11H2,(H,20,22). The number of hydrogen-bond acceptors (Lipinski definition) is 3. The zero-order valence-electron chi connectivity index (χ0n) is 12.4. The molecule has 1 aliphatic rings. The summed E-state index contributed by atoms with van der Waals surface area (Å²) in [5.74, 6) is 0.450. The van der Waals surface area contributed by atoms with Crippen LogP contribution in [0.3, 0.4) is 0 Å². The molecule has 6 heteroatoms. The lowest BCUT2D eigenvalue weighted by Crippen LogP contribution is -2.34. The van der Waals surface area contributed by atoms with Crippen molar-refractivity contribution in [3.05, 3.63) is 53.3 Å². The van der Waals surface area contributed by atoms with Gasteiger partial charge in [-0.1, -0.05) is 23.7 Å². The smallest absolute Gasteiger partial charge is 0.243 e. The molecule has 0 atom stereocenters. The van der Waals surface area contributed by atoms with Crippen molar-refractivity contribution in [2.75, 3.05) is 29.1 Å². The van der Waals surface area contributed by atoms with E-state index in [1.54, 1.807) is 0 Å². The van der Waals surface area contributed by atoms with Gasteiger partial charge in [-0.15, -0.1) is 11.8 Å². The Kier molecular flexibility index (Phi) is 5.08. The first-order valence-corrected chi connectivity index (χ1v) is 8.71. The van der Waals surface area contributed by atoms with Crippen LogP contribution in [0, 0.1) is 5.82 Å². The Morgan fingerprint density at radius 1 is 1.30 bits per heavy atom. The molecule has 0 radical (unpaired) electrons. The summed E-state index contributed by atoms with van der Waals surface area (Å²) < 4.78 is 13.1. The van der Waals surface area contributed by atoms with Crippen LogP contribution < -0.4 is 10.2 Å². The van der Waals surface area contributed by atoms with Crippen molar-refractivity contribution in [1.29, 1.82) is 0 Å². The van der Waals surface area contributed by atoms with Gasteiger partial charge in [-0.05, 0) is 42.5 Å². The van der Waals surface area contributed by atoms with Gasteiger partial charge in [0.05, 0.1) is 22.9 Å². The number of anilines is 2. The topological polar surface area (TPSA) is 32.3 Å². The fourth-order valence-corrected chi connectivity index (χ4v) is 3.74. The van der Waals surface area contributed by atoms with Crippen LogP contribution in [0.25, 0.3) is 0 Å². The highest BCUT2D eigenvalue weighted by Crippen LogP contribution is 2.33. The van der Waals surface area contributed by atoms with E-state index in [0.717, 1.165) is 24.4 Å². The average molecular weight is 351 g/mol. The number of hydrogen-bond donors (Lipinski definition) is 1. The predicted octanol–water partition coefficient (Wildman–Crippen LogP) is 4.42. The average Bonchev–Trinajstić information content (AvgIpc) is 2.73. The molecule has 1 N–H and O–H groups in total. The molecule has 1 amide bonds. The van der Waals surface area contributed by atoms with E-state index >= 15 is 0 Å². The van der Waals surface area contributed by atoms with Crippen LogP contribution >= 0.6 is 23.4 Å². The fraction of sp³-hybridized carbons (Fsp3) is 0.235. The Hall–Kier alpha value is -1.72. The minimum atomic E-state index is -0.425. The first kappa shape index (κ1) is 16.1. The van der Waals surface area contributed by atoms with Crippen molar-refractivity contribution in [2.24, 2.45) is 0 Å². The molecule has 120 valence electrons. The van der Waals surface area contributed by atoms with Crippen LogP contribution in [-0.2, 0) is 4.79 Å². The largest absolute Gasteiger partial charge is 0.361 e. The molecule has 2 aromatic rings. The van der Waals surface area contributed by atoms with Crippen LogP contribution in [0.1, 0.15) is 6.42 Å². The molecule has 3 nitrogen and oxygen atoms in total. The summed E-state index contributed by atoms with van der Waals surface area (Å²) in [5.41, 5.74) is 1.51. The van der Waals surface area contributed by atoms with Crippen LogP contribution in [0.15, 0.2) is 47.4 Å². The molecular weight excluding hydrogens is 335 g/mol. The highest BCUT2D eigenvalue weighted by Gasteiger charge is 2.18. The van der Waals surface area contributed by atoms with Gasteiger partial charge >= 0.3 is 0 Å². The first-order chi connectivity index (χ1) is 11.1. The van der Waals surface area contributed by atoms with Crippen LogP contribution in [0.2, 0.25) is 5.02 Å². The zero-order valence-corrected chi connectivity index (χ0v) is 14.0. The van der Waals surface area contributed by atoms with Gasteiger partial charge in [-0.25, -0.2) is 4.39 Å². The minimum absolute atomic E-state index is 0.166. The van der Waals surface area contributed by atoms with Crippen LogP contribution in [-0.4, -0.2) is 24.7 Å². The SMILES string of the molecule is O=C(CN1CCCSc2ccccc21)Nc1ccc(F)cc1Cl. The number of rotatable bonds is 3. The maximum absolute atomic E-state index is 13.1. The number of para-hydroxylation sites is 1. The molecule has 0 aromatic heterocycles. The summed E-state index contributed by atoms with van der Waals surface area (Å²) in [5, 5.41) is 2.95. The Labute approximate surface area is 143 Å². The van der Waals surface area contributed by atoms with Gasteiger partial charge in [0.25, 0.3) is 0 Å². The van der Waals surface area contributed by atoms with Gasteiger partial charge in [0.2, 0.25) is 5.91 Å².